The van der Waals surface area contributed by atoms with Crippen LogP contribution in [0.4, 0.5) is 5.69 Å². The van der Waals surface area contributed by atoms with Crippen molar-refractivity contribution in [1.29, 1.82) is 0 Å². The van der Waals surface area contributed by atoms with Crippen LogP contribution < -0.4 is 5.56 Å². The Balaban J connectivity index is 1.56. The number of hydrogen-bond acceptors (Lipinski definition) is 4. The zero-order valence-electron chi connectivity index (χ0n) is 18.6. The molecule has 0 atom stereocenters. The lowest BCUT2D eigenvalue weighted by atomic mass is 10.0. The van der Waals surface area contributed by atoms with Gasteiger partial charge in [0.25, 0.3) is 11.2 Å². The highest BCUT2D eigenvalue weighted by molar-refractivity contribution is 6.30. The number of aromatic nitrogens is 2. The SMILES string of the molecule is O=c1c2cc([N+](=O)[O-])ccc2nc(Cc2ccccc2)n1Cc1ccc(-c2ccc(Cl)cc2)cc1. The first-order valence-electron chi connectivity index (χ1n) is 11.0. The number of nitro benzene ring substituents is 1. The van der Waals surface area contributed by atoms with Gasteiger partial charge in [-0.05, 0) is 40.5 Å². The Labute approximate surface area is 206 Å². The van der Waals surface area contributed by atoms with E-state index >= 15 is 0 Å². The van der Waals surface area contributed by atoms with Gasteiger partial charge in [0.1, 0.15) is 5.82 Å². The average molecular weight is 482 g/mol. The van der Waals surface area contributed by atoms with Crippen LogP contribution in [-0.2, 0) is 13.0 Å². The molecule has 0 aliphatic heterocycles. The second kappa shape index (κ2) is 9.52. The molecule has 0 spiro atoms. The number of fused-ring (bicyclic) bond motifs is 1. The first-order chi connectivity index (χ1) is 17.0. The zero-order valence-corrected chi connectivity index (χ0v) is 19.4. The maximum Gasteiger partial charge on any atom is 0.270 e. The summed E-state index contributed by atoms with van der Waals surface area (Å²) in [6, 6.07) is 29.6. The number of non-ortho nitro benzene ring substituents is 1. The van der Waals surface area contributed by atoms with E-state index < -0.39 is 4.92 Å². The summed E-state index contributed by atoms with van der Waals surface area (Å²) in [4.78, 5) is 29.0. The first-order valence-corrected chi connectivity index (χ1v) is 11.4. The topological polar surface area (TPSA) is 78.0 Å². The number of halogens is 1. The molecule has 35 heavy (non-hydrogen) atoms. The van der Waals surface area contributed by atoms with Crippen LogP contribution >= 0.6 is 11.6 Å². The molecule has 0 unspecified atom stereocenters. The summed E-state index contributed by atoms with van der Waals surface area (Å²) in [7, 11) is 0. The number of nitro groups is 1. The molecule has 0 aliphatic rings. The Kier molecular flexibility index (Phi) is 6.12. The summed E-state index contributed by atoms with van der Waals surface area (Å²) in [5.41, 5.74) is 4.04. The van der Waals surface area contributed by atoms with Crippen molar-refractivity contribution in [3.63, 3.8) is 0 Å². The van der Waals surface area contributed by atoms with Crippen molar-refractivity contribution < 1.29 is 4.92 Å². The molecule has 0 saturated carbocycles. The van der Waals surface area contributed by atoms with Gasteiger partial charge in [-0.2, -0.15) is 0 Å². The van der Waals surface area contributed by atoms with Crippen molar-refractivity contribution in [2.45, 2.75) is 13.0 Å². The number of hydrogen-bond donors (Lipinski definition) is 0. The highest BCUT2D eigenvalue weighted by Gasteiger charge is 2.16. The van der Waals surface area contributed by atoms with Gasteiger partial charge in [0.15, 0.2) is 0 Å². The van der Waals surface area contributed by atoms with Gasteiger partial charge in [0, 0.05) is 23.6 Å². The number of benzene rings is 4. The Hall–Kier alpha value is -4.29. The number of nitrogens with zero attached hydrogens (tertiary/aromatic N) is 3. The Morgan fingerprint density at radius 1 is 0.829 bits per heavy atom. The lowest BCUT2D eigenvalue weighted by Gasteiger charge is -2.14. The second-order valence-electron chi connectivity index (χ2n) is 8.24. The van der Waals surface area contributed by atoms with Gasteiger partial charge in [-0.25, -0.2) is 4.98 Å². The van der Waals surface area contributed by atoms with E-state index in [9.17, 15) is 14.9 Å². The Morgan fingerprint density at radius 2 is 1.49 bits per heavy atom. The molecule has 7 heteroatoms. The standard InChI is InChI=1S/C28H20ClN3O3/c29-23-12-10-22(11-13-23)21-8-6-20(7-9-21)18-31-27(16-19-4-2-1-3-5-19)30-26-15-14-24(32(34)35)17-25(26)28(31)33/h1-15,17H,16,18H2. The summed E-state index contributed by atoms with van der Waals surface area (Å²) < 4.78 is 1.61. The minimum absolute atomic E-state index is 0.133. The molecule has 0 radical (unpaired) electrons. The monoisotopic (exact) mass is 481 g/mol. The summed E-state index contributed by atoms with van der Waals surface area (Å²) in [5.74, 6) is 0.601. The van der Waals surface area contributed by atoms with Gasteiger partial charge in [-0.1, -0.05) is 78.3 Å². The summed E-state index contributed by atoms with van der Waals surface area (Å²) in [6.07, 6.45) is 0.464. The predicted molar refractivity (Wildman–Crippen MR) is 138 cm³/mol. The van der Waals surface area contributed by atoms with E-state index in [0.29, 0.717) is 29.3 Å². The molecule has 5 aromatic rings. The minimum Gasteiger partial charge on any atom is -0.291 e. The molecular weight excluding hydrogens is 462 g/mol. The highest BCUT2D eigenvalue weighted by Crippen LogP contribution is 2.23. The Bertz CT molecular complexity index is 1580. The minimum atomic E-state index is -0.503. The van der Waals surface area contributed by atoms with Crippen molar-refractivity contribution in [1.82, 2.24) is 9.55 Å². The fraction of sp³-hybridized carbons (Fsp3) is 0.0714. The molecule has 0 bridgehead atoms. The molecule has 0 amide bonds. The first kappa shape index (κ1) is 22.5. The van der Waals surface area contributed by atoms with Crippen LogP contribution in [0.1, 0.15) is 17.0 Å². The van der Waals surface area contributed by atoms with Crippen molar-refractivity contribution in [2.75, 3.05) is 0 Å². The summed E-state index contributed by atoms with van der Waals surface area (Å²) >= 11 is 6.00. The van der Waals surface area contributed by atoms with Crippen molar-refractivity contribution in [2.24, 2.45) is 0 Å². The molecule has 1 aromatic heterocycles. The fourth-order valence-corrected chi connectivity index (χ4v) is 4.20. The van der Waals surface area contributed by atoms with Crippen LogP contribution in [-0.4, -0.2) is 14.5 Å². The van der Waals surface area contributed by atoms with Gasteiger partial charge in [-0.15, -0.1) is 0 Å². The van der Waals surface area contributed by atoms with Crippen LogP contribution in [0.2, 0.25) is 5.02 Å². The van der Waals surface area contributed by atoms with Crippen molar-refractivity contribution >= 4 is 28.2 Å². The van der Waals surface area contributed by atoms with E-state index in [1.807, 2.05) is 78.9 Å². The summed E-state index contributed by atoms with van der Waals surface area (Å²) in [6.45, 7) is 0.299. The molecule has 6 nitrogen and oxygen atoms in total. The van der Waals surface area contributed by atoms with Crippen LogP contribution in [0.3, 0.4) is 0 Å². The fourth-order valence-electron chi connectivity index (χ4n) is 4.07. The molecule has 0 N–H and O–H groups in total. The molecule has 0 fully saturated rings. The smallest absolute Gasteiger partial charge is 0.270 e. The van der Waals surface area contributed by atoms with Crippen LogP contribution in [0.15, 0.2) is 102 Å². The van der Waals surface area contributed by atoms with E-state index in [1.54, 1.807) is 4.57 Å². The van der Waals surface area contributed by atoms with Gasteiger partial charge in [0.2, 0.25) is 0 Å². The van der Waals surface area contributed by atoms with Crippen LogP contribution in [0, 0.1) is 10.1 Å². The lowest BCUT2D eigenvalue weighted by molar-refractivity contribution is -0.384. The van der Waals surface area contributed by atoms with E-state index in [1.165, 1.54) is 18.2 Å². The van der Waals surface area contributed by atoms with Gasteiger partial charge in [0.05, 0.1) is 22.4 Å². The molecular formula is C28H20ClN3O3. The van der Waals surface area contributed by atoms with Crippen LogP contribution in [0.5, 0.6) is 0 Å². The van der Waals surface area contributed by atoms with Gasteiger partial charge in [-0.3, -0.25) is 19.5 Å². The maximum atomic E-state index is 13.5. The predicted octanol–water partition coefficient (Wildman–Crippen LogP) is 6.26. The highest BCUT2D eigenvalue weighted by atomic mass is 35.5. The third-order valence-corrected chi connectivity index (χ3v) is 6.16. The molecule has 5 rings (SSSR count). The maximum absolute atomic E-state index is 13.5. The van der Waals surface area contributed by atoms with E-state index in [-0.39, 0.29) is 16.6 Å². The van der Waals surface area contributed by atoms with Crippen molar-refractivity contribution in [3.8, 4) is 11.1 Å². The third kappa shape index (κ3) is 4.83. The van der Waals surface area contributed by atoms with Gasteiger partial charge < -0.3 is 0 Å². The van der Waals surface area contributed by atoms with E-state index in [2.05, 4.69) is 0 Å². The Morgan fingerprint density at radius 3 is 2.14 bits per heavy atom. The normalized spacial score (nSPS) is 11.0. The van der Waals surface area contributed by atoms with Gasteiger partial charge >= 0.3 is 0 Å². The average Bonchev–Trinajstić information content (AvgIpc) is 2.87. The lowest BCUT2D eigenvalue weighted by Crippen LogP contribution is -2.26. The number of rotatable bonds is 6. The third-order valence-electron chi connectivity index (χ3n) is 5.90. The molecule has 0 aliphatic carbocycles. The van der Waals surface area contributed by atoms with Crippen LogP contribution in [0.25, 0.3) is 22.0 Å². The molecule has 1 heterocycles. The van der Waals surface area contributed by atoms with E-state index in [0.717, 1.165) is 22.3 Å². The zero-order chi connectivity index (χ0) is 24.4. The quantitative estimate of drug-likeness (QED) is 0.212. The molecule has 172 valence electrons. The molecule has 0 saturated heterocycles. The largest absolute Gasteiger partial charge is 0.291 e. The molecule has 4 aromatic carbocycles. The second-order valence-corrected chi connectivity index (χ2v) is 8.68. The summed E-state index contributed by atoms with van der Waals surface area (Å²) in [5, 5.41) is 12.2. The van der Waals surface area contributed by atoms with Crippen molar-refractivity contribution in [3.05, 3.63) is 140 Å². The van der Waals surface area contributed by atoms with E-state index in [4.69, 9.17) is 16.6 Å².